The second kappa shape index (κ2) is 4.46. The Morgan fingerprint density at radius 3 is 2.33 bits per heavy atom. The molecule has 1 aromatic rings. The summed E-state index contributed by atoms with van der Waals surface area (Å²) in [6.07, 6.45) is -3.40. The van der Waals surface area contributed by atoms with Crippen LogP contribution in [0.1, 0.15) is 5.56 Å². The molecule has 1 aromatic carbocycles. The van der Waals surface area contributed by atoms with Crippen molar-refractivity contribution in [3.63, 3.8) is 0 Å². The topological polar surface area (TPSA) is 48.2 Å². The van der Waals surface area contributed by atoms with Gasteiger partial charge in [0.2, 0.25) is 0 Å². The number of hydrazone groups is 1. The number of rotatable bonds is 2. The smallest absolute Gasteiger partial charge is 0.278 e. The van der Waals surface area contributed by atoms with Crippen LogP contribution >= 0.6 is 0 Å². The molecule has 0 aliphatic carbocycles. The normalized spacial score (nSPS) is 11.3. The second-order valence-corrected chi connectivity index (χ2v) is 2.57. The largest absolute Gasteiger partial charge is 0.416 e. The van der Waals surface area contributed by atoms with Gasteiger partial charge in [0, 0.05) is 0 Å². The third kappa shape index (κ3) is 3.31. The van der Waals surface area contributed by atoms with E-state index in [1.807, 2.05) is 0 Å². The van der Waals surface area contributed by atoms with E-state index in [2.05, 4.69) is 10.5 Å². The van der Waals surface area contributed by atoms with Gasteiger partial charge in [0.25, 0.3) is 0 Å². The molecule has 0 aromatic heterocycles. The van der Waals surface area contributed by atoms with Crippen molar-refractivity contribution in [3.8, 4) is 6.07 Å². The first-order valence-electron chi connectivity index (χ1n) is 3.88. The molecular formula is C9H6F3N3. The maximum absolute atomic E-state index is 12.1. The molecule has 6 heteroatoms. The maximum Gasteiger partial charge on any atom is 0.416 e. The lowest BCUT2D eigenvalue weighted by Crippen LogP contribution is -2.04. The van der Waals surface area contributed by atoms with Gasteiger partial charge in [0.15, 0.2) is 0 Å². The third-order valence-corrected chi connectivity index (χ3v) is 1.53. The van der Waals surface area contributed by atoms with Crippen molar-refractivity contribution < 1.29 is 13.2 Å². The minimum atomic E-state index is -4.34. The fourth-order valence-corrected chi connectivity index (χ4v) is 0.869. The van der Waals surface area contributed by atoms with Gasteiger partial charge < -0.3 is 0 Å². The fourth-order valence-electron chi connectivity index (χ4n) is 0.869. The average molecular weight is 213 g/mol. The first-order valence-corrected chi connectivity index (χ1v) is 3.88. The van der Waals surface area contributed by atoms with Crippen molar-refractivity contribution >= 4 is 11.9 Å². The zero-order chi connectivity index (χ0) is 11.3. The number of nitrogens with one attached hydrogen (secondary N) is 1. The van der Waals surface area contributed by atoms with Crippen LogP contribution in [0.15, 0.2) is 29.4 Å². The van der Waals surface area contributed by atoms with Crippen LogP contribution in [-0.4, -0.2) is 6.21 Å². The standard InChI is InChI=1S/C9H6F3N3/c10-9(11,12)7-1-3-8(4-2-7)15-14-6-5-13/h1-4,6,15H/b14-6+. The van der Waals surface area contributed by atoms with Crippen LogP contribution in [0.3, 0.4) is 0 Å². The molecule has 0 unspecified atom stereocenters. The predicted molar refractivity (Wildman–Crippen MR) is 49.2 cm³/mol. The van der Waals surface area contributed by atoms with Crippen LogP contribution in [0, 0.1) is 11.3 Å². The van der Waals surface area contributed by atoms with Crippen molar-refractivity contribution in [2.45, 2.75) is 6.18 Å². The van der Waals surface area contributed by atoms with Crippen molar-refractivity contribution in [2.75, 3.05) is 5.43 Å². The molecule has 0 spiro atoms. The Bertz CT molecular complexity index is 387. The molecular weight excluding hydrogens is 207 g/mol. The molecule has 78 valence electrons. The highest BCUT2D eigenvalue weighted by molar-refractivity contribution is 5.75. The van der Waals surface area contributed by atoms with Gasteiger partial charge in [-0.25, -0.2) is 0 Å². The molecule has 15 heavy (non-hydrogen) atoms. The van der Waals surface area contributed by atoms with Gasteiger partial charge in [-0.15, -0.1) is 0 Å². The minimum Gasteiger partial charge on any atom is -0.278 e. The van der Waals surface area contributed by atoms with Gasteiger partial charge >= 0.3 is 6.18 Å². The number of hydrogen-bond donors (Lipinski definition) is 1. The minimum absolute atomic E-state index is 0.384. The van der Waals surface area contributed by atoms with Gasteiger partial charge in [-0.3, -0.25) is 5.43 Å². The Morgan fingerprint density at radius 2 is 1.87 bits per heavy atom. The summed E-state index contributed by atoms with van der Waals surface area (Å²) in [6, 6.07) is 5.98. The van der Waals surface area contributed by atoms with Crippen LogP contribution < -0.4 is 5.43 Å². The van der Waals surface area contributed by atoms with Gasteiger partial charge in [0.1, 0.15) is 12.3 Å². The number of nitriles is 1. The van der Waals surface area contributed by atoms with E-state index in [4.69, 9.17) is 5.26 Å². The summed E-state index contributed by atoms with van der Waals surface area (Å²) >= 11 is 0. The number of anilines is 1. The van der Waals surface area contributed by atoms with Crippen molar-refractivity contribution in [1.29, 1.82) is 5.26 Å². The summed E-state index contributed by atoms with van der Waals surface area (Å²) < 4.78 is 36.4. The monoisotopic (exact) mass is 213 g/mol. The average Bonchev–Trinajstić information content (AvgIpc) is 2.18. The van der Waals surface area contributed by atoms with Crippen LogP contribution in [0.5, 0.6) is 0 Å². The molecule has 1 rings (SSSR count). The first-order chi connectivity index (χ1) is 7.04. The molecule has 0 radical (unpaired) electrons. The fraction of sp³-hybridized carbons (Fsp3) is 0.111. The van der Waals surface area contributed by atoms with Crippen LogP contribution in [0.25, 0.3) is 0 Å². The first kappa shape index (κ1) is 11.0. The van der Waals surface area contributed by atoms with E-state index in [1.54, 1.807) is 6.07 Å². The van der Waals surface area contributed by atoms with Crippen LogP contribution in [0.4, 0.5) is 18.9 Å². The maximum atomic E-state index is 12.1. The second-order valence-electron chi connectivity index (χ2n) is 2.57. The molecule has 0 atom stereocenters. The summed E-state index contributed by atoms with van der Waals surface area (Å²) in [5.41, 5.74) is 2.06. The van der Waals surface area contributed by atoms with Crippen molar-refractivity contribution in [2.24, 2.45) is 5.10 Å². The number of benzene rings is 1. The Hall–Kier alpha value is -2.03. The Balaban J connectivity index is 2.74. The van der Waals surface area contributed by atoms with Crippen LogP contribution in [-0.2, 0) is 6.18 Å². The summed E-state index contributed by atoms with van der Waals surface area (Å²) in [4.78, 5) is 0. The zero-order valence-corrected chi connectivity index (χ0v) is 7.42. The highest BCUT2D eigenvalue weighted by Crippen LogP contribution is 2.29. The van der Waals surface area contributed by atoms with E-state index in [9.17, 15) is 13.2 Å². The number of hydrogen-bond acceptors (Lipinski definition) is 3. The van der Waals surface area contributed by atoms with E-state index in [0.717, 1.165) is 18.3 Å². The van der Waals surface area contributed by atoms with E-state index >= 15 is 0 Å². The third-order valence-electron chi connectivity index (χ3n) is 1.53. The van der Waals surface area contributed by atoms with Gasteiger partial charge in [-0.1, -0.05) is 0 Å². The predicted octanol–water partition coefficient (Wildman–Crippen LogP) is 2.63. The molecule has 0 amide bonds. The molecule has 0 fully saturated rings. The summed E-state index contributed by atoms with van der Waals surface area (Å²) in [5, 5.41) is 11.5. The van der Waals surface area contributed by atoms with E-state index in [1.165, 1.54) is 12.1 Å². The highest BCUT2D eigenvalue weighted by Gasteiger charge is 2.29. The Labute approximate surface area is 83.8 Å². The van der Waals surface area contributed by atoms with E-state index in [-0.39, 0.29) is 0 Å². The Kier molecular flexibility index (Phi) is 3.29. The zero-order valence-electron chi connectivity index (χ0n) is 7.42. The molecule has 1 N–H and O–H groups in total. The molecule has 0 bridgehead atoms. The summed E-state index contributed by atoms with van der Waals surface area (Å²) in [5.74, 6) is 0. The molecule has 0 aliphatic heterocycles. The summed E-state index contributed by atoms with van der Waals surface area (Å²) in [7, 11) is 0. The van der Waals surface area contributed by atoms with E-state index in [0.29, 0.717) is 5.69 Å². The lowest BCUT2D eigenvalue weighted by atomic mass is 10.2. The SMILES string of the molecule is N#C/C=N/Nc1ccc(C(F)(F)F)cc1. The van der Waals surface area contributed by atoms with Gasteiger partial charge in [0.05, 0.1) is 11.3 Å². The molecule has 0 aliphatic rings. The molecule has 0 saturated heterocycles. The molecule has 0 saturated carbocycles. The number of alkyl halides is 3. The highest BCUT2D eigenvalue weighted by atomic mass is 19.4. The molecule has 0 heterocycles. The van der Waals surface area contributed by atoms with Gasteiger partial charge in [-0.05, 0) is 24.3 Å². The van der Waals surface area contributed by atoms with Gasteiger partial charge in [-0.2, -0.15) is 23.5 Å². The molecule has 3 nitrogen and oxygen atoms in total. The number of nitrogens with zero attached hydrogens (tertiary/aromatic N) is 2. The summed E-state index contributed by atoms with van der Waals surface area (Å²) in [6.45, 7) is 0. The van der Waals surface area contributed by atoms with Crippen LogP contribution in [0.2, 0.25) is 0 Å². The van der Waals surface area contributed by atoms with E-state index < -0.39 is 11.7 Å². The van der Waals surface area contributed by atoms with Crippen molar-refractivity contribution in [1.82, 2.24) is 0 Å². The Morgan fingerprint density at radius 1 is 1.27 bits per heavy atom. The lowest BCUT2D eigenvalue weighted by Gasteiger charge is -2.06. The lowest BCUT2D eigenvalue weighted by molar-refractivity contribution is -0.137. The van der Waals surface area contributed by atoms with Crippen molar-refractivity contribution in [3.05, 3.63) is 29.8 Å². The number of halogens is 3. The quantitative estimate of drug-likeness (QED) is 0.606.